The fraction of sp³-hybridized carbons (Fsp3) is 0.500. The largest absolute Gasteiger partial charge is 0.469 e. The Labute approximate surface area is 94.4 Å². The summed E-state index contributed by atoms with van der Waals surface area (Å²) in [6, 6.07) is 3.10. The predicted molar refractivity (Wildman–Crippen MR) is 49.2 cm³/mol. The number of hydrogen-bond acceptors (Lipinski definition) is 3. The van der Waals surface area contributed by atoms with Gasteiger partial charge in [-0.2, -0.15) is 8.78 Å². The minimum Gasteiger partial charge on any atom is -0.469 e. The molecule has 0 radical (unpaired) electrons. The monoisotopic (exact) mass is 254 g/mol. The third kappa shape index (κ3) is 4.56. The number of Topliss-reactive ketones (excluding diaryl/α,β-unsaturated/α-hetero) is 1. The Kier molecular flexibility index (Phi) is 4.68. The van der Waals surface area contributed by atoms with Crippen LogP contribution in [0.1, 0.15) is 5.76 Å². The maximum absolute atomic E-state index is 12.4. The van der Waals surface area contributed by atoms with Gasteiger partial charge in [-0.25, -0.2) is 8.78 Å². The Morgan fingerprint density at radius 3 is 2.71 bits per heavy atom. The van der Waals surface area contributed by atoms with Gasteiger partial charge in [0.2, 0.25) is 0 Å². The van der Waals surface area contributed by atoms with Crippen LogP contribution in [0.2, 0.25) is 0 Å². The average molecular weight is 254 g/mol. The second-order valence-electron chi connectivity index (χ2n) is 3.35. The second kappa shape index (κ2) is 5.81. The van der Waals surface area contributed by atoms with Crippen LogP contribution in [-0.4, -0.2) is 31.3 Å². The zero-order chi connectivity index (χ0) is 12.9. The van der Waals surface area contributed by atoms with E-state index in [0.29, 0.717) is 5.76 Å². The molecule has 1 aromatic rings. The summed E-state index contributed by atoms with van der Waals surface area (Å²) in [5.41, 5.74) is 0. The zero-order valence-electron chi connectivity index (χ0n) is 8.67. The van der Waals surface area contributed by atoms with E-state index in [1.165, 1.54) is 12.3 Å². The van der Waals surface area contributed by atoms with Gasteiger partial charge >= 0.3 is 12.3 Å². The fourth-order valence-corrected chi connectivity index (χ4v) is 1.02. The molecule has 0 spiro atoms. The highest BCUT2D eigenvalue weighted by molar-refractivity contribution is 5.81. The van der Waals surface area contributed by atoms with Gasteiger partial charge in [0.05, 0.1) is 12.7 Å². The van der Waals surface area contributed by atoms with E-state index >= 15 is 0 Å². The van der Waals surface area contributed by atoms with Crippen LogP contribution in [0.5, 0.6) is 0 Å². The van der Waals surface area contributed by atoms with Gasteiger partial charge in [-0.15, -0.1) is 0 Å². The molecule has 0 bridgehead atoms. The van der Waals surface area contributed by atoms with Gasteiger partial charge in [-0.1, -0.05) is 0 Å². The van der Waals surface area contributed by atoms with Crippen molar-refractivity contribution in [3.05, 3.63) is 24.2 Å². The Morgan fingerprint density at radius 2 is 2.18 bits per heavy atom. The minimum atomic E-state index is -4.23. The summed E-state index contributed by atoms with van der Waals surface area (Å²) in [5.74, 6) is -4.39. The van der Waals surface area contributed by atoms with Gasteiger partial charge < -0.3 is 9.15 Å². The van der Waals surface area contributed by atoms with E-state index < -0.39 is 31.3 Å². The molecule has 1 aromatic heterocycles. The normalized spacial score (nSPS) is 12.1. The molecular formula is C10H10F4O3. The summed E-state index contributed by atoms with van der Waals surface area (Å²) in [6.07, 6.45) is -2.57. The van der Waals surface area contributed by atoms with E-state index in [-0.39, 0.29) is 6.42 Å². The van der Waals surface area contributed by atoms with Crippen LogP contribution >= 0.6 is 0 Å². The lowest BCUT2D eigenvalue weighted by molar-refractivity contribution is -0.168. The third-order valence-corrected chi connectivity index (χ3v) is 1.83. The fourth-order valence-electron chi connectivity index (χ4n) is 1.02. The van der Waals surface area contributed by atoms with E-state index in [0.717, 1.165) is 0 Å². The van der Waals surface area contributed by atoms with Crippen molar-refractivity contribution in [3.63, 3.8) is 0 Å². The molecule has 0 saturated carbocycles. The molecule has 0 aliphatic heterocycles. The van der Waals surface area contributed by atoms with E-state index in [1.807, 2.05) is 0 Å². The first kappa shape index (κ1) is 13.7. The zero-order valence-corrected chi connectivity index (χ0v) is 8.67. The standard InChI is InChI=1S/C10H10F4O3/c11-9(12)10(13,14)6-16-5-7(15)4-8-2-1-3-17-8/h1-3,9H,4-6H2. The maximum atomic E-state index is 12.4. The highest BCUT2D eigenvalue weighted by atomic mass is 19.3. The number of hydrogen-bond donors (Lipinski definition) is 0. The Hall–Kier alpha value is -1.37. The second-order valence-corrected chi connectivity index (χ2v) is 3.35. The topological polar surface area (TPSA) is 39.4 Å². The lowest BCUT2D eigenvalue weighted by Crippen LogP contribution is -2.33. The molecule has 0 aromatic carbocycles. The Balaban J connectivity index is 2.25. The van der Waals surface area contributed by atoms with E-state index in [9.17, 15) is 22.4 Å². The summed E-state index contributed by atoms with van der Waals surface area (Å²) in [5, 5.41) is 0. The van der Waals surface area contributed by atoms with Crippen molar-refractivity contribution in [2.75, 3.05) is 13.2 Å². The molecule has 96 valence electrons. The SMILES string of the molecule is O=C(COCC(F)(F)C(F)F)Cc1ccco1. The highest BCUT2D eigenvalue weighted by Gasteiger charge is 2.41. The first-order valence-electron chi connectivity index (χ1n) is 4.69. The summed E-state index contributed by atoms with van der Waals surface area (Å²) in [6.45, 7) is -2.13. The quantitative estimate of drug-likeness (QED) is 0.701. The molecule has 3 nitrogen and oxygen atoms in total. The van der Waals surface area contributed by atoms with E-state index in [1.54, 1.807) is 6.07 Å². The van der Waals surface area contributed by atoms with Crippen LogP contribution in [0.3, 0.4) is 0 Å². The van der Waals surface area contributed by atoms with Crippen molar-refractivity contribution in [1.82, 2.24) is 0 Å². The van der Waals surface area contributed by atoms with Crippen molar-refractivity contribution in [1.29, 1.82) is 0 Å². The number of alkyl halides is 4. The molecule has 0 atom stereocenters. The number of carbonyl (C=O) groups excluding carboxylic acids is 1. The van der Waals surface area contributed by atoms with Crippen molar-refractivity contribution in [3.8, 4) is 0 Å². The van der Waals surface area contributed by atoms with Gasteiger partial charge in [0.15, 0.2) is 5.78 Å². The van der Waals surface area contributed by atoms with Crippen molar-refractivity contribution < 1.29 is 31.5 Å². The van der Waals surface area contributed by atoms with Gasteiger partial charge in [-0.3, -0.25) is 4.79 Å². The number of ether oxygens (including phenoxy) is 1. The summed E-state index contributed by atoms with van der Waals surface area (Å²) in [4.78, 5) is 11.1. The number of furan rings is 1. The van der Waals surface area contributed by atoms with Crippen molar-refractivity contribution in [2.24, 2.45) is 0 Å². The molecule has 0 fully saturated rings. The molecule has 1 heterocycles. The Bertz CT molecular complexity index is 348. The minimum absolute atomic E-state index is 0.118. The van der Waals surface area contributed by atoms with Gasteiger partial charge in [0, 0.05) is 0 Å². The summed E-state index contributed by atoms with van der Waals surface area (Å²) in [7, 11) is 0. The first-order chi connectivity index (χ1) is 7.92. The van der Waals surface area contributed by atoms with Crippen LogP contribution in [0, 0.1) is 0 Å². The van der Waals surface area contributed by atoms with Crippen LogP contribution in [0.15, 0.2) is 22.8 Å². The molecule has 0 unspecified atom stereocenters. The third-order valence-electron chi connectivity index (χ3n) is 1.83. The predicted octanol–water partition coefficient (Wildman–Crippen LogP) is 2.31. The van der Waals surface area contributed by atoms with E-state index in [2.05, 4.69) is 4.74 Å². The lowest BCUT2D eigenvalue weighted by atomic mass is 10.2. The van der Waals surface area contributed by atoms with Gasteiger partial charge in [-0.05, 0) is 12.1 Å². The number of rotatable bonds is 7. The van der Waals surface area contributed by atoms with Crippen molar-refractivity contribution in [2.45, 2.75) is 18.8 Å². The summed E-state index contributed by atoms with van der Waals surface area (Å²) < 4.78 is 57.3. The van der Waals surface area contributed by atoms with E-state index in [4.69, 9.17) is 4.42 Å². The molecule has 0 aliphatic rings. The molecule has 1 rings (SSSR count). The molecule has 17 heavy (non-hydrogen) atoms. The lowest BCUT2D eigenvalue weighted by Gasteiger charge is -2.14. The Morgan fingerprint density at radius 1 is 1.47 bits per heavy atom. The molecule has 0 N–H and O–H groups in total. The number of halogens is 4. The number of ketones is 1. The molecule has 7 heteroatoms. The average Bonchev–Trinajstić information content (AvgIpc) is 2.69. The maximum Gasteiger partial charge on any atom is 0.330 e. The molecule has 0 saturated heterocycles. The van der Waals surface area contributed by atoms with Gasteiger partial charge in [0.25, 0.3) is 0 Å². The van der Waals surface area contributed by atoms with Gasteiger partial charge in [0.1, 0.15) is 19.0 Å². The molecular weight excluding hydrogens is 244 g/mol. The highest BCUT2D eigenvalue weighted by Crippen LogP contribution is 2.22. The van der Waals surface area contributed by atoms with Crippen LogP contribution < -0.4 is 0 Å². The number of carbonyl (C=O) groups is 1. The molecule has 0 aliphatic carbocycles. The first-order valence-corrected chi connectivity index (χ1v) is 4.69. The van der Waals surface area contributed by atoms with Crippen molar-refractivity contribution >= 4 is 5.78 Å². The smallest absolute Gasteiger partial charge is 0.330 e. The molecule has 0 amide bonds. The van der Waals surface area contributed by atoms with Crippen LogP contribution in [-0.2, 0) is 16.0 Å². The summed E-state index contributed by atoms with van der Waals surface area (Å²) >= 11 is 0. The van der Waals surface area contributed by atoms with Crippen LogP contribution in [0.25, 0.3) is 0 Å². The van der Waals surface area contributed by atoms with Crippen LogP contribution in [0.4, 0.5) is 17.6 Å².